The Kier molecular flexibility index (Phi) is 5.53. The largest absolute Gasteiger partial charge is 0.490 e. The molecule has 0 saturated carbocycles. The highest BCUT2D eigenvalue weighted by Crippen LogP contribution is 2.34. The van der Waals surface area contributed by atoms with Crippen LogP contribution in [0, 0.1) is 12.8 Å². The van der Waals surface area contributed by atoms with E-state index in [1.807, 2.05) is 31.2 Å². The van der Waals surface area contributed by atoms with Gasteiger partial charge in [0.2, 0.25) is 0 Å². The maximum Gasteiger partial charge on any atom is 0.258 e. The summed E-state index contributed by atoms with van der Waals surface area (Å²) < 4.78 is 13.2. The van der Waals surface area contributed by atoms with E-state index in [0.29, 0.717) is 31.3 Å². The van der Waals surface area contributed by atoms with E-state index in [1.54, 1.807) is 10.5 Å². The summed E-state index contributed by atoms with van der Waals surface area (Å²) >= 11 is 0. The monoisotopic (exact) mass is 393 g/mol. The molecule has 0 saturated heterocycles. The van der Waals surface area contributed by atoms with Crippen molar-refractivity contribution < 1.29 is 9.47 Å². The van der Waals surface area contributed by atoms with Crippen molar-refractivity contribution in [2.24, 2.45) is 5.92 Å². The summed E-state index contributed by atoms with van der Waals surface area (Å²) in [5.41, 5.74) is 3.37. The molecule has 1 unspecified atom stereocenters. The second kappa shape index (κ2) is 8.25. The minimum atomic E-state index is -0.0541. The Balaban J connectivity index is 1.58. The number of hydrogen-bond donors (Lipinski definition) is 1. The van der Waals surface area contributed by atoms with Crippen LogP contribution in [0.2, 0.25) is 0 Å². The molecule has 1 aliphatic heterocycles. The van der Waals surface area contributed by atoms with Gasteiger partial charge in [0.15, 0.2) is 11.5 Å². The smallest absolute Gasteiger partial charge is 0.258 e. The van der Waals surface area contributed by atoms with Gasteiger partial charge in [0.1, 0.15) is 5.65 Å². The molecule has 6 nitrogen and oxygen atoms in total. The summed E-state index contributed by atoms with van der Waals surface area (Å²) in [5, 5.41) is 3.57. The van der Waals surface area contributed by atoms with Gasteiger partial charge in [0.05, 0.1) is 18.9 Å². The second-order valence-electron chi connectivity index (χ2n) is 7.81. The Labute approximate surface area is 170 Å². The van der Waals surface area contributed by atoms with Crippen LogP contribution in [0.3, 0.4) is 0 Å². The highest BCUT2D eigenvalue weighted by atomic mass is 16.5. The first kappa shape index (κ1) is 19.5. The average Bonchev–Trinajstić information content (AvgIpc) is 2.92. The number of aryl methyl sites for hydroxylation is 1. The van der Waals surface area contributed by atoms with Gasteiger partial charge in [-0.05, 0) is 42.7 Å². The summed E-state index contributed by atoms with van der Waals surface area (Å²) in [6, 6.07) is 13.5. The Morgan fingerprint density at radius 2 is 1.90 bits per heavy atom. The normalized spacial score (nSPS) is 14.8. The van der Waals surface area contributed by atoms with Gasteiger partial charge in [-0.3, -0.25) is 9.20 Å². The molecular formula is C23H27N3O3. The van der Waals surface area contributed by atoms with E-state index in [-0.39, 0.29) is 11.6 Å². The number of hydrogen-bond acceptors (Lipinski definition) is 5. The van der Waals surface area contributed by atoms with Crippen molar-refractivity contribution in [3.8, 4) is 11.5 Å². The van der Waals surface area contributed by atoms with E-state index in [2.05, 4.69) is 36.3 Å². The van der Waals surface area contributed by atoms with E-state index >= 15 is 0 Å². The third kappa shape index (κ3) is 4.12. The third-order valence-corrected chi connectivity index (χ3v) is 5.23. The lowest BCUT2D eigenvalue weighted by molar-refractivity contribution is 0.296. The lowest BCUT2D eigenvalue weighted by Crippen LogP contribution is -2.27. The molecule has 3 heterocycles. The van der Waals surface area contributed by atoms with Crippen molar-refractivity contribution in [3.05, 3.63) is 69.8 Å². The van der Waals surface area contributed by atoms with Gasteiger partial charge >= 0.3 is 0 Å². The molecule has 2 aromatic heterocycles. The highest BCUT2D eigenvalue weighted by Gasteiger charge is 2.19. The topological polar surface area (TPSA) is 64.9 Å². The molecule has 1 atom stereocenters. The first-order valence-corrected chi connectivity index (χ1v) is 10.1. The van der Waals surface area contributed by atoms with Crippen LogP contribution in [-0.4, -0.2) is 22.6 Å². The first-order chi connectivity index (χ1) is 14.0. The molecule has 0 radical (unpaired) electrons. The van der Waals surface area contributed by atoms with Crippen molar-refractivity contribution in [2.75, 3.05) is 13.2 Å². The Hall–Kier alpha value is -2.86. The quantitative estimate of drug-likeness (QED) is 0.717. The summed E-state index contributed by atoms with van der Waals surface area (Å²) in [4.78, 5) is 17.2. The van der Waals surface area contributed by atoms with Crippen molar-refractivity contribution in [1.29, 1.82) is 0 Å². The molecule has 4 rings (SSSR count). The van der Waals surface area contributed by atoms with Gasteiger partial charge in [0, 0.05) is 30.8 Å². The molecule has 152 valence electrons. The molecule has 0 spiro atoms. The fraction of sp³-hybridized carbons (Fsp3) is 0.391. The second-order valence-corrected chi connectivity index (χ2v) is 7.81. The zero-order valence-electron chi connectivity index (χ0n) is 17.1. The van der Waals surface area contributed by atoms with Crippen LogP contribution in [-0.2, 0) is 6.54 Å². The van der Waals surface area contributed by atoms with E-state index in [9.17, 15) is 4.79 Å². The standard InChI is InChI=1S/C23H27N3O3/c1-15(2)23(17-8-9-19-20(12-17)29-11-5-10-28-19)24-14-18-13-22(27)26-16(3)6-4-7-21(26)25-18/h4,6-9,12-13,15,23-24H,5,10-11,14H2,1-3H3. The minimum Gasteiger partial charge on any atom is -0.490 e. The lowest BCUT2D eigenvalue weighted by Gasteiger charge is -2.24. The number of rotatable bonds is 5. The summed E-state index contributed by atoms with van der Waals surface area (Å²) in [5.74, 6) is 1.95. The van der Waals surface area contributed by atoms with E-state index in [1.165, 1.54) is 0 Å². The molecule has 1 N–H and O–H groups in total. The van der Waals surface area contributed by atoms with Crippen LogP contribution in [0.1, 0.15) is 43.3 Å². The molecule has 3 aromatic rings. The molecule has 0 fully saturated rings. The Morgan fingerprint density at radius 3 is 2.69 bits per heavy atom. The number of fused-ring (bicyclic) bond motifs is 2. The van der Waals surface area contributed by atoms with Gasteiger partial charge < -0.3 is 14.8 Å². The van der Waals surface area contributed by atoms with Gasteiger partial charge in [-0.2, -0.15) is 0 Å². The van der Waals surface area contributed by atoms with Crippen molar-refractivity contribution in [1.82, 2.24) is 14.7 Å². The fourth-order valence-electron chi connectivity index (χ4n) is 3.78. The zero-order valence-corrected chi connectivity index (χ0v) is 17.1. The number of nitrogens with one attached hydrogen (secondary N) is 1. The SMILES string of the molecule is Cc1cccc2nc(CNC(c3ccc4c(c3)OCCCO4)C(C)C)cc(=O)n12. The highest BCUT2D eigenvalue weighted by molar-refractivity contribution is 5.44. The molecular weight excluding hydrogens is 366 g/mol. The maximum absolute atomic E-state index is 12.5. The molecule has 6 heteroatoms. The van der Waals surface area contributed by atoms with Crippen molar-refractivity contribution in [2.45, 2.75) is 39.8 Å². The fourth-order valence-corrected chi connectivity index (χ4v) is 3.78. The van der Waals surface area contributed by atoms with Gasteiger partial charge in [-0.25, -0.2) is 4.98 Å². The molecule has 0 bridgehead atoms. The van der Waals surface area contributed by atoms with Crippen LogP contribution in [0.15, 0.2) is 47.3 Å². The van der Waals surface area contributed by atoms with Gasteiger partial charge in [-0.1, -0.05) is 26.0 Å². The Bertz CT molecular complexity index is 1070. The lowest BCUT2D eigenvalue weighted by atomic mass is 9.95. The molecule has 0 aliphatic carbocycles. The van der Waals surface area contributed by atoms with Crippen LogP contribution >= 0.6 is 0 Å². The van der Waals surface area contributed by atoms with Crippen LogP contribution < -0.4 is 20.3 Å². The Morgan fingerprint density at radius 1 is 1.10 bits per heavy atom. The van der Waals surface area contributed by atoms with Crippen molar-refractivity contribution in [3.63, 3.8) is 0 Å². The number of ether oxygens (including phenoxy) is 2. The molecule has 29 heavy (non-hydrogen) atoms. The predicted octanol–water partition coefficient (Wildman–Crippen LogP) is 3.65. The predicted molar refractivity (Wildman–Crippen MR) is 113 cm³/mol. The first-order valence-electron chi connectivity index (χ1n) is 10.1. The number of nitrogens with zero attached hydrogens (tertiary/aromatic N) is 2. The van der Waals surface area contributed by atoms with Gasteiger partial charge in [0.25, 0.3) is 5.56 Å². The van der Waals surface area contributed by atoms with Gasteiger partial charge in [-0.15, -0.1) is 0 Å². The van der Waals surface area contributed by atoms with E-state index < -0.39 is 0 Å². The zero-order chi connectivity index (χ0) is 20.4. The third-order valence-electron chi connectivity index (χ3n) is 5.23. The van der Waals surface area contributed by atoms with Crippen LogP contribution in [0.25, 0.3) is 5.65 Å². The van der Waals surface area contributed by atoms with E-state index in [0.717, 1.165) is 34.9 Å². The average molecular weight is 393 g/mol. The number of pyridine rings is 1. The summed E-state index contributed by atoms with van der Waals surface area (Å²) in [7, 11) is 0. The minimum absolute atomic E-state index is 0.0541. The summed E-state index contributed by atoms with van der Waals surface area (Å²) in [6.07, 6.45) is 0.887. The number of aromatic nitrogens is 2. The molecule has 1 aromatic carbocycles. The van der Waals surface area contributed by atoms with Crippen LogP contribution in [0.5, 0.6) is 11.5 Å². The number of benzene rings is 1. The molecule has 0 amide bonds. The molecule has 1 aliphatic rings. The van der Waals surface area contributed by atoms with Crippen molar-refractivity contribution >= 4 is 5.65 Å². The van der Waals surface area contributed by atoms with E-state index in [4.69, 9.17) is 9.47 Å². The van der Waals surface area contributed by atoms with Crippen LogP contribution in [0.4, 0.5) is 0 Å². The summed E-state index contributed by atoms with van der Waals surface area (Å²) in [6.45, 7) is 8.12. The maximum atomic E-state index is 12.5.